The van der Waals surface area contributed by atoms with Crippen LogP contribution in [0, 0.1) is 12.7 Å². The summed E-state index contributed by atoms with van der Waals surface area (Å²) in [5, 5.41) is 9.39. The second-order valence-electron chi connectivity index (χ2n) is 4.18. The fraction of sp³-hybridized carbons (Fsp3) is 0.0769. The molecule has 0 atom stereocenters. The third-order valence-corrected chi connectivity index (χ3v) is 4.54. The van der Waals surface area contributed by atoms with Crippen LogP contribution in [0.3, 0.4) is 0 Å². The molecule has 0 amide bonds. The summed E-state index contributed by atoms with van der Waals surface area (Å²) in [6.07, 6.45) is 0. The highest BCUT2D eigenvalue weighted by Gasteiger charge is 2.19. The van der Waals surface area contributed by atoms with E-state index in [1.165, 1.54) is 30.3 Å². The maximum Gasteiger partial charge on any atom is 0.264 e. The predicted molar refractivity (Wildman–Crippen MR) is 77.8 cm³/mol. The lowest BCUT2D eigenvalue weighted by atomic mass is 10.2. The minimum Gasteiger partial charge on any atom is -0.508 e. The smallest absolute Gasteiger partial charge is 0.264 e. The van der Waals surface area contributed by atoms with Gasteiger partial charge in [-0.1, -0.05) is 15.9 Å². The zero-order valence-corrected chi connectivity index (χ0v) is 12.8. The lowest BCUT2D eigenvalue weighted by molar-refractivity contribution is 0.471. The summed E-state index contributed by atoms with van der Waals surface area (Å²) >= 11 is 3.06. The number of hydrogen-bond acceptors (Lipinski definition) is 3. The van der Waals surface area contributed by atoms with E-state index >= 15 is 0 Å². The SMILES string of the molecule is Cc1cc(NS(=O)(=O)c2ccc(Br)cc2F)ccc1O. The predicted octanol–water partition coefficient (Wildman–Crippen LogP) is 3.40. The largest absolute Gasteiger partial charge is 0.508 e. The molecule has 0 bridgehead atoms. The number of halogens is 2. The Balaban J connectivity index is 2.38. The first-order chi connectivity index (χ1) is 9.29. The summed E-state index contributed by atoms with van der Waals surface area (Å²) in [5.41, 5.74) is 0.768. The summed E-state index contributed by atoms with van der Waals surface area (Å²) in [7, 11) is -4.02. The van der Waals surface area contributed by atoms with Gasteiger partial charge in [0.05, 0.1) is 0 Å². The molecule has 0 heterocycles. The average Bonchev–Trinajstić information content (AvgIpc) is 2.33. The van der Waals surface area contributed by atoms with Crippen molar-refractivity contribution in [3.8, 4) is 5.75 Å². The van der Waals surface area contributed by atoms with E-state index in [0.29, 0.717) is 10.0 Å². The minimum atomic E-state index is -4.02. The molecule has 20 heavy (non-hydrogen) atoms. The number of nitrogens with one attached hydrogen (secondary N) is 1. The Labute approximate surface area is 124 Å². The van der Waals surface area contributed by atoms with E-state index in [1.807, 2.05) is 0 Å². The number of anilines is 1. The van der Waals surface area contributed by atoms with Crippen molar-refractivity contribution in [1.29, 1.82) is 0 Å². The number of phenols is 1. The summed E-state index contributed by atoms with van der Waals surface area (Å²) in [6, 6.07) is 7.93. The van der Waals surface area contributed by atoms with Crippen molar-refractivity contribution in [3.63, 3.8) is 0 Å². The summed E-state index contributed by atoms with van der Waals surface area (Å²) in [5.74, 6) is -0.787. The highest BCUT2D eigenvalue weighted by Crippen LogP contribution is 2.24. The van der Waals surface area contributed by atoms with Crippen molar-refractivity contribution in [3.05, 3.63) is 52.3 Å². The van der Waals surface area contributed by atoms with Gasteiger partial charge in [0.15, 0.2) is 0 Å². The van der Waals surface area contributed by atoms with Gasteiger partial charge < -0.3 is 5.11 Å². The quantitative estimate of drug-likeness (QED) is 0.825. The number of sulfonamides is 1. The van der Waals surface area contributed by atoms with Crippen LogP contribution in [-0.2, 0) is 10.0 Å². The Bertz CT molecular complexity index is 762. The van der Waals surface area contributed by atoms with E-state index in [0.717, 1.165) is 6.07 Å². The molecule has 0 aliphatic carbocycles. The van der Waals surface area contributed by atoms with Gasteiger partial charge in [-0.15, -0.1) is 0 Å². The molecule has 0 radical (unpaired) electrons. The highest BCUT2D eigenvalue weighted by molar-refractivity contribution is 9.10. The Morgan fingerprint density at radius 1 is 1.20 bits per heavy atom. The first kappa shape index (κ1) is 14.8. The van der Waals surface area contributed by atoms with Crippen molar-refractivity contribution in [2.24, 2.45) is 0 Å². The maximum atomic E-state index is 13.7. The third kappa shape index (κ3) is 3.10. The molecular weight excluding hydrogens is 349 g/mol. The molecule has 2 N–H and O–H groups in total. The normalized spacial score (nSPS) is 11.3. The Hall–Kier alpha value is -1.60. The molecule has 0 saturated heterocycles. The second kappa shape index (κ2) is 5.41. The van der Waals surface area contributed by atoms with Crippen LogP contribution in [0.15, 0.2) is 45.8 Å². The molecule has 7 heteroatoms. The molecule has 0 aliphatic rings. The minimum absolute atomic E-state index is 0.0581. The zero-order valence-electron chi connectivity index (χ0n) is 10.4. The topological polar surface area (TPSA) is 66.4 Å². The molecule has 106 valence electrons. The van der Waals surface area contributed by atoms with E-state index in [4.69, 9.17) is 0 Å². The van der Waals surface area contributed by atoms with Crippen LogP contribution in [0.5, 0.6) is 5.75 Å². The van der Waals surface area contributed by atoms with E-state index in [-0.39, 0.29) is 11.4 Å². The van der Waals surface area contributed by atoms with Crippen LogP contribution >= 0.6 is 15.9 Å². The number of hydrogen-bond donors (Lipinski definition) is 2. The van der Waals surface area contributed by atoms with Gasteiger partial charge in [0.2, 0.25) is 0 Å². The molecule has 0 aliphatic heterocycles. The lowest BCUT2D eigenvalue weighted by Crippen LogP contribution is -2.14. The van der Waals surface area contributed by atoms with Gasteiger partial charge in [0.1, 0.15) is 16.5 Å². The number of aromatic hydroxyl groups is 1. The fourth-order valence-corrected chi connectivity index (χ4v) is 3.07. The number of aryl methyl sites for hydroxylation is 1. The van der Waals surface area contributed by atoms with E-state index in [1.54, 1.807) is 6.92 Å². The number of phenolic OH excluding ortho intramolecular Hbond substituents is 1. The van der Waals surface area contributed by atoms with Crippen molar-refractivity contribution >= 4 is 31.6 Å². The van der Waals surface area contributed by atoms with Crippen LogP contribution in [0.2, 0.25) is 0 Å². The van der Waals surface area contributed by atoms with Crippen LogP contribution in [0.1, 0.15) is 5.56 Å². The van der Waals surface area contributed by atoms with Gasteiger partial charge in [0, 0.05) is 10.2 Å². The summed E-state index contributed by atoms with van der Waals surface area (Å²) in [4.78, 5) is -0.438. The van der Waals surface area contributed by atoms with E-state index in [2.05, 4.69) is 20.7 Å². The third-order valence-electron chi connectivity index (χ3n) is 2.63. The Morgan fingerprint density at radius 2 is 1.90 bits per heavy atom. The summed E-state index contributed by atoms with van der Waals surface area (Å²) in [6.45, 7) is 1.63. The van der Waals surface area contributed by atoms with Gasteiger partial charge in [0.25, 0.3) is 10.0 Å². The van der Waals surface area contributed by atoms with Crippen LogP contribution < -0.4 is 4.72 Å². The molecule has 2 aromatic carbocycles. The van der Waals surface area contributed by atoms with Gasteiger partial charge in [-0.25, -0.2) is 12.8 Å². The maximum absolute atomic E-state index is 13.7. The summed E-state index contributed by atoms with van der Waals surface area (Å²) < 4.78 is 40.6. The van der Waals surface area contributed by atoms with E-state index in [9.17, 15) is 17.9 Å². The first-order valence-electron chi connectivity index (χ1n) is 5.57. The second-order valence-corrected chi connectivity index (χ2v) is 6.75. The van der Waals surface area contributed by atoms with Crippen molar-refractivity contribution in [2.75, 3.05) is 4.72 Å². The van der Waals surface area contributed by atoms with Crippen LogP contribution in [-0.4, -0.2) is 13.5 Å². The number of rotatable bonds is 3. The Morgan fingerprint density at radius 3 is 2.50 bits per heavy atom. The monoisotopic (exact) mass is 359 g/mol. The van der Waals surface area contributed by atoms with Gasteiger partial charge in [-0.3, -0.25) is 4.72 Å². The molecule has 0 unspecified atom stereocenters. The van der Waals surface area contributed by atoms with Crippen molar-refractivity contribution in [2.45, 2.75) is 11.8 Å². The van der Waals surface area contributed by atoms with Gasteiger partial charge >= 0.3 is 0 Å². The molecule has 0 fully saturated rings. The van der Waals surface area contributed by atoms with Crippen molar-refractivity contribution < 1.29 is 17.9 Å². The molecular formula is C13H11BrFNO3S. The Kier molecular flexibility index (Phi) is 4.01. The highest BCUT2D eigenvalue weighted by atomic mass is 79.9. The fourth-order valence-electron chi connectivity index (χ4n) is 1.62. The molecule has 0 aromatic heterocycles. The average molecular weight is 360 g/mol. The van der Waals surface area contributed by atoms with Crippen LogP contribution in [0.4, 0.5) is 10.1 Å². The standard InChI is InChI=1S/C13H11BrFNO3S/c1-8-6-10(3-4-12(8)17)16-20(18,19)13-5-2-9(14)7-11(13)15/h2-7,16-17H,1H3. The molecule has 2 aromatic rings. The van der Waals surface area contributed by atoms with Crippen LogP contribution in [0.25, 0.3) is 0 Å². The van der Waals surface area contributed by atoms with E-state index < -0.39 is 20.7 Å². The van der Waals surface area contributed by atoms with Gasteiger partial charge in [-0.2, -0.15) is 0 Å². The number of benzene rings is 2. The lowest BCUT2D eigenvalue weighted by Gasteiger charge is -2.10. The van der Waals surface area contributed by atoms with Gasteiger partial charge in [-0.05, 0) is 48.9 Å². The molecule has 2 rings (SSSR count). The molecule has 0 spiro atoms. The molecule has 0 saturated carbocycles. The first-order valence-corrected chi connectivity index (χ1v) is 7.85. The molecule has 4 nitrogen and oxygen atoms in total. The van der Waals surface area contributed by atoms with Crippen molar-refractivity contribution in [1.82, 2.24) is 0 Å². The zero-order chi connectivity index (χ0) is 14.9.